The minimum absolute atomic E-state index is 0.0525. The van der Waals surface area contributed by atoms with Gasteiger partial charge in [0.05, 0.1) is 16.5 Å². The van der Waals surface area contributed by atoms with Crippen LogP contribution >= 0.6 is 11.8 Å². The largest absolute Gasteiger partial charge is 0.324 e. The molecule has 1 aromatic rings. The van der Waals surface area contributed by atoms with Crippen LogP contribution in [0.2, 0.25) is 0 Å². The van der Waals surface area contributed by atoms with Crippen LogP contribution in [0.5, 0.6) is 0 Å². The summed E-state index contributed by atoms with van der Waals surface area (Å²) in [6.45, 7) is 6.14. The van der Waals surface area contributed by atoms with Crippen molar-refractivity contribution in [1.82, 2.24) is 0 Å². The van der Waals surface area contributed by atoms with E-state index >= 15 is 0 Å². The molecule has 0 aliphatic rings. The van der Waals surface area contributed by atoms with E-state index in [1.165, 1.54) is 0 Å². The first-order valence-electron chi connectivity index (χ1n) is 5.96. The Hall–Kier alpha value is -1.47. The van der Waals surface area contributed by atoms with Crippen LogP contribution in [0.15, 0.2) is 24.3 Å². The Balaban J connectivity index is 2.62. The number of rotatable bonds is 5. The first-order valence-corrected chi connectivity index (χ1v) is 7.01. The van der Waals surface area contributed by atoms with Crippen molar-refractivity contribution in [3.63, 3.8) is 0 Å². The summed E-state index contributed by atoms with van der Waals surface area (Å²) < 4.78 is 0. The number of nitrogens with zero attached hydrogens (tertiary/aromatic N) is 1. The lowest BCUT2D eigenvalue weighted by molar-refractivity contribution is -0.115. The molecule has 18 heavy (non-hydrogen) atoms. The third-order valence-corrected chi connectivity index (χ3v) is 3.93. The highest BCUT2D eigenvalue weighted by Gasteiger charge is 2.15. The number of para-hydroxylation sites is 1. The number of carbonyl (C=O) groups excluding carboxylic acids is 1. The van der Waals surface area contributed by atoms with Crippen LogP contribution < -0.4 is 5.32 Å². The molecule has 0 aliphatic heterocycles. The third-order valence-electron chi connectivity index (χ3n) is 2.35. The van der Waals surface area contributed by atoms with Crippen molar-refractivity contribution in [1.29, 1.82) is 5.26 Å². The van der Waals surface area contributed by atoms with Gasteiger partial charge in [0.15, 0.2) is 0 Å². The van der Waals surface area contributed by atoms with Gasteiger partial charge in [0.2, 0.25) is 5.91 Å². The van der Waals surface area contributed by atoms with Gasteiger partial charge in [0, 0.05) is 0 Å². The van der Waals surface area contributed by atoms with Gasteiger partial charge in [0.1, 0.15) is 6.07 Å². The number of benzene rings is 1. The van der Waals surface area contributed by atoms with Crippen LogP contribution in [0.1, 0.15) is 26.3 Å². The lowest BCUT2D eigenvalue weighted by Crippen LogP contribution is -2.23. The van der Waals surface area contributed by atoms with E-state index in [9.17, 15) is 4.79 Å². The van der Waals surface area contributed by atoms with E-state index in [1.54, 1.807) is 30.0 Å². The van der Waals surface area contributed by atoms with Crippen LogP contribution in [0.3, 0.4) is 0 Å². The van der Waals surface area contributed by atoms with Gasteiger partial charge in [-0.2, -0.15) is 5.26 Å². The van der Waals surface area contributed by atoms with Gasteiger partial charge in [-0.15, -0.1) is 11.8 Å². The Morgan fingerprint density at radius 3 is 2.67 bits per heavy atom. The molecule has 3 nitrogen and oxygen atoms in total. The van der Waals surface area contributed by atoms with Crippen LogP contribution in [0, 0.1) is 17.2 Å². The third kappa shape index (κ3) is 4.42. The quantitative estimate of drug-likeness (QED) is 0.886. The summed E-state index contributed by atoms with van der Waals surface area (Å²) in [5.41, 5.74) is 1.08. The molecule has 4 heteroatoms. The second-order valence-corrected chi connectivity index (χ2v) is 5.89. The molecule has 1 aromatic carbocycles. The number of anilines is 1. The Kier molecular flexibility index (Phi) is 5.73. The highest BCUT2D eigenvalue weighted by atomic mass is 32.2. The second kappa shape index (κ2) is 7.07. The van der Waals surface area contributed by atoms with Crippen LogP contribution in [0.4, 0.5) is 5.69 Å². The number of amides is 1. The van der Waals surface area contributed by atoms with Gasteiger partial charge in [0.25, 0.3) is 0 Å². The maximum Gasteiger partial charge on any atom is 0.237 e. The lowest BCUT2D eigenvalue weighted by Gasteiger charge is -2.13. The van der Waals surface area contributed by atoms with Crippen LogP contribution in [-0.2, 0) is 4.79 Å². The molecule has 0 spiro atoms. The SMILES string of the molecule is CC(C)CSC(C)C(=O)Nc1ccccc1C#N. The molecule has 0 heterocycles. The fourth-order valence-electron chi connectivity index (χ4n) is 1.34. The highest BCUT2D eigenvalue weighted by Crippen LogP contribution is 2.18. The van der Waals surface area contributed by atoms with E-state index in [1.807, 2.05) is 13.0 Å². The zero-order valence-electron chi connectivity index (χ0n) is 10.9. The van der Waals surface area contributed by atoms with Gasteiger partial charge in [-0.1, -0.05) is 26.0 Å². The zero-order valence-corrected chi connectivity index (χ0v) is 11.8. The molecule has 0 radical (unpaired) electrons. The molecule has 96 valence electrons. The van der Waals surface area contributed by atoms with Crippen molar-refractivity contribution >= 4 is 23.4 Å². The predicted octanol–water partition coefficient (Wildman–Crippen LogP) is 3.27. The number of hydrogen-bond acceptors (Lipinski definition) is 3. The standard InChI is InChI=1S/C14H18N2OS/c1-10(2)9-18-11(3)14(17)16-13-7-5-4-6-12(13)8-15/h4-7,10-11H,9H2,1-3H3,(H,16,17). The summed E-state index contributed by atoms with van der Waals surface area (Å²) in [6.07, 6.45) is 0. The Labute approximate surface area is 113 Å². The summed E-state index contributed by atoms with van der Waals surface area (Å²) in [4.78, 5) is 12.0. The molecule has 0 fully saturated rings. The molecular weight excluding hydrogens is 244 g/mol. The molecule has 1 rings (SSSR count). The molecule has 1 unspecified atom stereocenters. The number of thioether (sulfide) groups is 1. The van der Waals surface area contributed by atoms with Crippen molar-refractivity contribution in [3.05, 3.63) is 29.8 Å². The van der Waals surface area contributed by atoms with Crippen molar-refractivity contribution in [2.75, 3.05) is 11.1 Å². The minimum Gasteiger partial charge on any atom is -0.324 e. The first kappa shape index (κ1) is 14.6. The van der Waals surface area contributed by atoms with E-state index in [2.05, 4.69) is 25.2 Å². The van der Waals surface area contributed by atoms with E-state index in [0.717, 1.165) is 5.75 Å². The minimum atomic E-state index is -0.112. The molecular formula is C14H18N2OS. The van der Waals surface area contributed by atoms with Crippen LogP contribution in [0.25, 0.3) is 0 Å². The fourth-order valence-corrected chi connectivity index (χ4v) is 2.22. The number of hydrogen-bond donors (Lipinski definition) is 1. The van der Waals surface area contributed by atoms with Gasteiger partial charge in [-0.25, -0.2) is 0 Å². The maximum atomic E-state index is 12.0. The summed E-state index contributed by atoms with van der Waals surface area (Å²) >= 11 is 1.63. The van der Waals surface area contributed by atoms with Crippen LogP contribution in [-0.4, -0.2) is 16.9 Å². The normalized spacial score (nSPS) is 11.9. The second-order valence-electron chi connectivity index (χ2n) is 4.52. The predicted molar refractivity (Wildman–Crippen MR) is 76.5 cm³/mol. The zero-order chi connectivity index (χ0) is 13.5. The average molecular weight is 262 g/mol. The summed E-state index contributed by atoms with van der Waals surface area (Å²) in [7, 11) is 0. The number of nitrogens with one attached hydrogen (secondary N) is 1. The molecule has 0 aliphatic carbocycles. The smallest absolute Gasteiger partial charge is 0.237 e. The molecule has 0 saturated heterocycles. The molecule has 1 amide bonds. The summed E-state index contributed by atoms with van der Waals surface area (Å²) in [5, 5.41) is 11.6. The highest BCUT2D eigenvalue weighted by molar-refractivity contribution is 8.00. The average Bonchev–Trinajstić information content (AvgIpc) is 2.36. The number of nitriles is 1. The summed E-state index contributed by atoms with van der Waals surface area (Å²) in [5.74, 6) is 1.47. The number of carbonyl (C=O) groups is 1. The Morgan fingerprint density at radius 1 is 1.39 bits per heavy atom. The van der Waals surface area contributed by atoms with Gasteiger partial charge < -0.3 is 5.32 Å². The molecule has 1 N–H and O–H groups in total. The molecule has 0 bridgehead atoms. The van der Waals surface area contributed by atoms with E-state index in [4.69, 9.17) is 5.26 Å². The van der Waals surface area contributed by atoms with E-state index in [-0.39, 0.29) is 11.2 Å². The van der Waals surface area contributed by atoms with E-state index < -0.39 is 0 Å². The summed E-state index contributed by atoms with van der Waals surface area (Å²) in [6, 6.07) is 9.10. The molecule has 0 aromatic heterocycles. The van der Waals surface area contributed by atoms with Crippen molar-refractivity contribution in [2.24, 2.45) is 5.92 Å². The van der Waals surface area contributed by atoms with Gasteiger partial charge in [-0.3, -0.25) is 4.79 Å². The Bertz CT molecular complexity index is 451. The van der Waals surface area contributed by atoms with Gasteiger partial charge in [-0.05, 0) is 30.7 Å². The fraction of sp³-hybridized carbons (Fsp3) is 0.429. The molecule has 1 atom stereocenters. The first-order chi connectivity index (χ1) is 8.54. The van der Waals surface area contributed by atoms with Crippen molar-refractivity contribution < 1.29 is 4.79 Å². The van der Waals surface area contributed by atoms with Crippen molar-refractivity contribution in [3.8, 4) is 6.07 Å². The Morgan fingerprint density at radius 2 is 2.06 bits per heavy atom. The van der Waals surface area contributed by atoms with E-state index in [0.29, 0.717) is 17.2 Å². The van der Waals surface area contributed by atoms with Gasteiger partial charge >= 0.3 is 0 Å². The topological polar surface area (TPSA) is 52.9 Å². The lowest BCUT2D eigenvalue weighted by atomic mass is 10.2. The maximum absolute atomic E-state index is 12.0. The monoisotopic (exact) mass is 262 g/mol. The molecule has 0 saturated carbocycles. The van der Waals surface area contributed by atoms with Crippen molar-refractivity contribution in [2.45, 2.75) is 26.0 Å².